The number of aliphatic hydroxyl groups excluding tert-OH is 1. The molecule has 3 N–H and O–H groups in total. The van der Waals surface area contributed by atoms with Crippen molar-refractivity contribution in [3.63, 3.8) is 0 Å². The topological polar surface area (TPSA) is 46.2 Å². The first kappa shape index (κ1) is 15.7. The van der Waals surface area contributed by atoms with Crippen molar-refractivity contribution < 1.29 is 9.50 Å². The van der Waals surface area contributed by atoms with Crippen molar-refractivity contribution in [3.05, 3.63) is 70.5 Å². The molecule has 2 aromatic rings. The molecule has 1 atom stereocenters. The van der Waals surface area contributed by atoms with Gasteiger partial charge in [-0.05, 0) is 43.5 Å². The van der Waals surface area contributed by atoms with Gasteiger partial charge in [-0.25, -0.2) is 4.39 Å². The zero-order valence-electron chi connectivity index (χ0n) is 12.6. The minimum atomic E-state index is -0.650. The molecule has 0 saturated carbocycles. The summed E-state index contributed by atoms with van der Waals surface area (Å²) in [5, 5.41) is 9.92. The molecule has 0 fully saturated rings. The summed E-state index contributed by atoms with van der Waals surface area (Å²) in [4.78, 5) is 0. The van der Waals surface area contributed by atoms with E-state index in [9.17, 15) is 9.50 Å². The van der Waals surface area contributed by atoms with Crippen molar-refractivity contribution in [2.45, 2.75) is 25.7 Å². The highest BCUT2D eigenvalue weighted by Gasteiger charge is 2.31. The molecule has 2 nitrogen and oxygen atoms in total. The number of hydrogen-bond acceptors (Lipinski definition) is 2. The summed E-state index contributed by atoms with van der Waals surface area (Å²) in [6.45, 7) is 4.24. The smallest absolute Gasteiger partial charge is 0.123 e. The van der Waals surface area contributed by atoms with E-state index in [0.29, 0.717) is 6.42 Å². The lowest BCUT2D eigenvalue weighted by atomic mass is 9.76. The van der Waals surface area contributed by atoms with Gasteiger partial charge in [0.15, 0.2) is 0 Å². The third kappa shape index (κ3) is 3.49. The number of aliphatic hydroxyl groups is 1. The Morgan fingerprint density at radius 1 is 1.10 bits per heavy atom. The van der Waals surface area contributed by atoms with E-state index in [-0.39, 0.29) is 19.0 Å². The lowest BCUT2D eigenvalue weighted by Gasteiger charge is -2.31. The first-order valence-corrected chi connectivity index (χ1v) is 7.13. The standard InChI is InChI=1S/C18H22FNO/c1-13-6-14(2)8-15(7-13)10-18(11-20,12-21)16-4-3-5-17(19)9-16/h3-9,21H,10-12,20H2,1-2H3. The number of rotatable bonds is 5. The zero-order chi connectivity index (χ0) is 15.5. The Balaban J connectivity index is 2.42. The van der Waals surface area contributed by atoms with E-state index < -0.39 is 5.41 Å². The summed E-state index contributed by atoms with van der Waals surface area (Å²) in [5.74, 6) is -0.306. The Kier molecular flexibility index (Phi) is 4.76. The second-order valence-corrected chi connectivity index (χ2v) is 5.83. The number of halogens is 1. The van der Waals surface area contributed by atoms with Crippen molar-refractivity contribution >= 4 is 0 Å². The van der Waals surface area contributed by atoms with E-state index in [0.717, 1.165) is 11.1 Å². The van der Waals surface area contributed by atoms with E-state index in [4.69, 9.17) is 5.73 Å². The Morgan fingerprint density at radius 2 is 1.76 bits per heavy atom. The highest BCUT2D eigenvalue weighted by Crippen LogP contribution is 2.28. The highest BCUT2D eigenvalue weighted by atomic mass is 19.1. The monoisotopic (exact) mass is 287 g/mol. The van der Waals surface area contributed by atoms with Crippen molar-refractivity contribution in [2.75, 3.05) is 13.2 Å². The van der Waals surface area contributed by atoms with E-state index in [1.165, 1.54) is 23.3 Å². The van der Waals surface area contributed by atoms with Crippen LogP contribution in [0.3, 0.4) is 0 Å². The molecule has 2 rings (SSSR count). The predicted molar refractivity (Wildman–Crippen MR) is 83.8 cm³/mol. The van der Waals surface area contributed by atoms with Crippen LogP contribution in [0.15, 0.2) is 42.5 Å². The molecule has 0 radical (unpaired) electrons. The maximum absolute atomic E-state index is 13.5. The highest BCUT2D eigenvalue weighted by molar-refractivity contribution is 5.34. The minimum Gasteiger partial charge on any atom is -0.395 e. The van der Waals surface area contributed by atoms with Crippen LogP contribution < -0.4 is 5.73 Å². The molecule has 0 aliphatic heterocycles. The fourth-order valence-corrected chi connectivity index (χ4v) is 2.88. The second kappa shape index (κ2) is 6.37. The van der Waals surface area contributed by atoms with Gasteiger partial charge in [0, 0.05) is 12.0 Å². The van der Waals surface area contributed by atoms with Gasteiger partial charge < -0.3 is 10.8 Å². The van der Waals surface area contributed by atoms with E-state index in [1.54, 1.807) is 6.07 Å². The molecule has 0 bridgehead atoms. The largest absolute Gasteiger partial charge is 0.395 e. The normalized spacial score (nSPS) is 14.0. The van der Waals surface area contributed by atoms with Gasteiger partial charge in [-0.2, -0.15) is 0 Å². The van der Waals surface area contributed by atoms with Crippen molar-refractivity contribution in [1.82, 2.24) is 0 Å². The van der Waals surface area contributed by atoms with Crippen LogP contribution >= 0.6 is 0 Å². The van der Waals surface area contributed by atoms with Crippen molar-refractivity contribution in [2.24, 2.45) is 5.73 Å². The molecule has 3 heteroatoms. The number of hydrogen-bond donors (Lipinski definition) is 2. The van der Waals surface area contributed by atoms with Gasteiger partial charge in [-0.1, -0.05) is 41.5 Å². The predicted octanol–water partition coefficient (Wildman–Crippen LogP) is 2.87. The Morgan fingerprint density at radius 3 is 2.29 bits per heavy atom. The molecule has 112 valence electrons. The summed E-state index contributed by atoms with van der Waals surface area (Å²) in [7, 11) is 0. The second-order valence-electron chi connectivity index (χ2n) is 5.83. The SMILES string of the molecule is Cc1cc(C)cc(CC(CN)(CO)c2cccc(F)c2)c1. The summed E-state index contributed by atoms with van der Waals surface area (Å²) in [6.07, 6.45) is 0.589. The van der Waals surface area contributed by atoms with Crippen LogP contribution in [-0.4, -0.2) is 18.3 Å². The van der Waals surface area contributed by atoms with E-state index in [1.807, 2.05) is 19.9 Å². The van der Waals surface area contributed by atoms with Crippen LogP contribution in [0.4, 0.5) is 4.39 Å². The molecule has 21 heavy (non-hydrogen) atoms. The first-order chi connectivity index (χ1) is 9.99. The van der Waals surface area contributed by atoms with Gasteiger partial charge in [0.2, 0.25) is 0 Å². The molecule has 0 aliphatic carbocycles. The molecule has 1 unspecified atom stereocenters. The summed E-state index contributed by atoms with van der Waals surface area (Å²) >= 11 is 0. The van der Waals surface area contributed by atoms with Crippen molar-refractivity contribution in [1.29, 1.82) is 0 Å². The van der Waals surface area contributed by atoms with Gasteiger partial charge in [0.05, 0.1) is 6.61 Å². The third-order valence-electron chi connectivity index (χ3n) is 3.95. The van der Waals surface area contributed by atoms with Crippen LogP contribution in [0.25, 0.3) is 0 Å². The number of aryl methyl sites for hydroxylation is 2. The molecule has 0 aliphatic rings. The molecule has 0 spiro atoms. The van der Waals surface area contributed by atoms with Gasteiger partial charge in [-0.15, -0.1) is 0 Å². The maximum atomic E-state index is 13.5. The van der Waals surface area contributed by atoms with E-state index >= 15 is 0 Å². The fourth-order valence-electron chi connectivity index (χ4n) is 2.88. The van der Waals surface area contributed by atoms with Crippen molar-refractivity contribution in [3.8, 4) is 0 Å². The minimum absolute atomic E-state index is 0.111. The average molecular weight is 287 g/mol. The Labute approximate surface area is 125 Å². The molecule has 2 aromatic carbocycles. The number of benzene rings is 2. The summed E-state index contributed by atoms with van der Waals surface area (Å²) in [6, 6.07) is 12.6. The van der Waals surface area contributed by atoms with Crippen LogP contribution in [0, 0.1) is 19.7 Å². The van der Waals surface area contributed by atoms with Gasteiger partial charge in [0.25, 0.3) is 0 Å². The van der Waals surface area contributed by atoms with Gasteiger partial charge in [0.1, 0.15) is 5.82 Å². The van der Waals surface area contributed by atoms with Gasteiger partial charge >= 0.3 is 0 Å². The van der Waals surface area contributed by atoms with Gasteiger partial charge in [-0.3, -0.25) is 0 Å². The lowest BCUT2D eigenvalue weighted by Crippen LogP contribution is -2.41. The average Bonchev–Trinajstić information content (AvgIpc) is 2.44. The molecule has 0 saturated heterocycles. The number of nitrogens with two attached hydrogens (primary N) is 1. The molecule has 0 aromatic heterocycles. The van der Waals surface area contributed by atoms with Crippen LogP contribution in [0.2, 0.25) is 0 Å². The fraction of sp³-hybridized carbons (Fsp3) is 0.333. The zero-order valence-corrected chi connectivity index (χ0v) is 12.6. The third-order valence-corrected chi connectivity index (χ3v) is 3.95. The molecular formula is C18H22FNO. The summed E-state index contributed by atoms with van der Waals surface area (Å²) in [5.41, 5.74) is 9.49. The Bertz CT molecular complexity index is 600. The van der Waals surface area contributed by atoms with Crippen LogP contribution in [0.1, 0.15) is 22.3 Å². The molecule has 0 heterocycles. The van der Waals surface area contributed by atoms with E-state index in [2.05, 4.69) is 18.2 Å². The maximum Gasteiger partial charge on any atom is 0.123 e. The molecular weight excluding hydrogens is 265 g/mol. The van der Waals surface area contributed by atoms with Crippen LogP contribution in [-0.2, 0) is 11.8 Å². The van der Waals surface area contributed by atoms with Crippen LogP contribution in [0.5, 0.6) is 0 Å². The summed E-state index contributed by atoms with van der Waals surface area (Å²) < 4.78 is 13.5. The molecule has 0 amide bonds. The lowest BCUT2D eigenvalue weighted by molar-refractivity contribution is 0.195. The quantitative estimate of drug-likeness (QED) is 0.888. The first-order valence-electron chi connectivity index (χ1n) is 7.13. The Hall–Kier alpha value is -1.71.